The Morgan fingerprint density at radius 1 is 1.48 bits per heavy atom. The summed E-state index contributed by atoms with van der Waals surface area (Å²) in [4.78, 5) is 31.7. The number of fused-ring (bicyclic) bond motifs is 1. The molecule has 0 aliphatic carbocycles. The topological polar surface area (TPSA) is 74.1 Å². The quantitative estimate of drug-likeness (QED) is 0.607. The molecule has 2 aromatic rings. The molecule has 0 spiro atoms. The molecule has 0 fully saturated rings. The predicted molar refractivity (Wildman–Crippen MR) is 77.3 cm³/mol. The second kappa shape index (κ2) is 5.51. The molecule has 2 rings (SSSR count). The summed E-state index contributed by atoms with van der Waals surface area (Å²) in [6.45, 7) is 4.91. The number of nitrogens with zero attached hydrogens (tertiary/aromatic N) is 3. The number of aromatic nitrogens is 3. The van der Waals surface area contributed by atoms with E-state index in [2.05, 4.69) is 25.9 Å². The molecule has 112 valence electrons. The van der Waals surface area contributed by atoms with Crippen LogP contribution in [0.4, 0.5) is 4.39 Å². The zero-order valence-electron chi connectivity index (χ0n) is 11.7. The Kier molecular flexibility index (Phi) is 4.08. The van der Waals surface area contributed by atoms with Crippen LogP contribution in [0.15, 0.2) is 21.8 Å². The van der Waals surface area contributed by atoms with Crippen molar-refractivity contribution in [2.75, 3.05) is 0 Å². The Labute approximate surface area is 128 Å². The monoisotopic (exact) mass is 357 g/mol. The number of carbonyl (C=O) groups excluding carboxylic acids is 1. The maximum Gasteiger partial charge on any atom is 0.326 e. The van der Waals surface area contributed by atoms with E-state index in [9.17, 15) is 14.0 Å². The summed E-state index contributed by atoms with van der Waals surface area (Å²) in [5, 5.41) is 0. The fraction of sp³-hybridized carbons (Fsp3) is 0.385. The van der Waals surface area contributed by atoms with Gasteiger partial charge in [-0.3, -0.25) is 14.2 Å². The number of esters is 1. The summed E-state index contributed by atoms with van der Waals surface area (Å²) in [5.41, 5.74) is -1.07. The average Bonchev–Trinajstić information content (AvgIpc) is 2.33. The second-order valence-electron chi connectivity index (χ2n) is 5.39. The highest BCUT2D eigenvalue weighted by Crippen LogP contribution is 2.15. The summed E-state index contributed by atoms with van der Waals surface area (Å²) in [7, 11) is 0. The first-order valence-electron chi connectivity index (χ1n) is 6.10. The SMILES string of the molecule is CC(C)(C)OC(=O)Cn1cnc2cc(F)c(Br)nc2c1=O. The molecule has 0 radical (unpaired) electrons. The summed E-state index contributed by atoms with van der Waals surface area (Å²) in [6, 6.07) is 1.10. The van der Waals surface area contributed by atoms with Gasteiger partial charge in [0.15, 0.2) is 11.3 Å². The van der Waals surface area contributed by atoms with Crippen LogP contribution in [0.25, 0.3) is 11.0 Å². The molecule has 2 aromatic heterocycles. The molecule has 2 heterocycles. The van der Waals surface area contributed by atoms with E-state index < -0.39 is 22.9 Å². The number of hydrogen-bond donors (Lipinski definition) is 0. The molecule has 0 aliphatic rings. The Balaban J connectivity index is 2.38. The predicted octanol–water partition coefficient (Wildman–Crippen LogP) is 2.03. The van der Waals surface area contributed by atoms with Crippen LogP contribution < -0.4 is 5.56 Å². The van der Waals surface area contributed by atoms with Gasteiger partial charge in [0.1, 0.15) is 16.7 Å². The molecule has 0 saturated carbocycles. The van der Waals surface area contributed by atoms with Crippen molar-refractivity contribution in [2.24, 2.45) is 0 Å². The van der Waals surface area contributed by atoms with E-state index in [0.717, 1.165) is 10.6 Å². The van der Waals surface area contributed by atoms with Crippen molar-refractivity contribution >= 4 is 32.9 Å². The van der Waals surface area contributed by atoms with Gasteiger partial charge in [0, 0.05) is 6.07 Å². The molecule has 0 aromatic carbocycles. The van der Waals surface area contributed by atoms with Crippen LogP contribution in [0, 0.1) is 5.82 Å². The third-order valence-electron chi connectivity index (χ3n) is 2.43. The zero-order chi connectivity index (χ0) is 15.8. The van der Waals surface area contributed by atoms with Gasteiger partial charge in [-0.05, 0) is 36.7 Å². The summed E-state index contributed by atoms with van der Waals surface area (Å²) >= 11 is 2.91. The molecule has 8 heteroatoms. The Bertz CT molecular complexity index is 768. The molecule has 21 heavy (non-hydrogen) atoms. The minimum Gasteiger partial charge on any atom is -0.459 e. The largest absolute Gasteiger partial charge is 0.459 e. The van der Waals surface area contributed by atoms with Crippen molar-refractivity contribution in [1.82, 2.24) is 14.5 Å². The summed E-state index contributed by atoms with van der Waals surface area (Å²) in [5.74, 6) is -1.17. The highest BCUT2D eigenvalue weighted by molar-refractivity contribution is 9.10. The van der Waals surface area contributed by atoms with Gasteiger partial charge in [0.2, 0.25) is 0 Å². The molecular formula is C13H13BrFN3O3. The highest BCUT2D eigenvalue weighted by Gasteiger charge is 2.18. The van der Waals surface area contributed by atoms with Gasteiger partial charge in [-0.2, -0.15) is 0 Å². The minimum absolute atomic E-state index is 0.0191. The number of pyridine rings is 1. The first-order valence-corrected chi connectivity index (χ1v) is 6.90. The van der Waals surface area contributed by atoms with Crippen molar-refractivity contribution in [2.45, 2.75) is 32.9 Å². The third-order valence-corrected chi connectivity index (χ3v) is 2.99. The Morgan fingerprint density at radius 3 is 2.76 bits per heavy atom. The summed E-state index contributed by atoms with van der Waals surface area (Å²) < 4.78 is 19.5. The van der Waals surface area contributed by atoms with Gasteiger partial charge in [-0.1, -0.05) is 0 Å². The third kappa shape index (κ3) is 3.63. The van der Waals surface area contributed by atoms with Crippen molar-refractivity contribution in [1.29, 1.82) is 0 Å². The van der Waals surface area contributed by atoms with Crippen LogP contribution in [-0.4, -0.2) is 26.1 Å². The molecule has 0 N–H and O–H groups in total. The number of hydrogen-bond acceptors (Lipinski definition) is 5. The van der Waals surface area contributed by atoms with Gasteiger partial charge in [0.25, 0.3) is 5.56 Å². The van der Waals surface area contributed by atoms with Gasteiger partial charge in [-0.25, -0.2) is 14.4 Å². The lowest BCUT2D eigenvalue weighted by Crippen LogP contribution is -2.31. The smallest absolute Gasteiger partial charge is 0.326 e. The summed E-state index contributed by atoms with van der Waals surface area (Å²) in [6.07, 6.45) is 1.17. The molecular weight excluding hydrogens is 345 g/mol. The van der Waals surface area contributed by atoms with E-state index in [1.54, 1.807) is 20.8 Å². The van der Waals surface area contributed by atoms with Crippen LogP contribution >= 0.6 is 15.9 Å². The molecule has 0 amide bonds. The zero-order valence-corrected chi connectivity index (χ0v) is 13.3. The van der Waals surface area contributed by atoms with Crippen molar-refractivity contribution in [3.05, 3.63) is 33.2 Å². The number of ether oxygens (including phenoxy) is 1. The van der Waals surface area contributed by atoms with E-state index in [1.165, 1.54) is 6.33 Å². The molecule has 6 nitrogen and oxygen atoms in total. The van der Waals surface area contributed by atoms with E-state index in [4.69, 9.17) is 4.74 Å². The van der Waals surface area contributed by atoms with E-state index in [-0.39, 0.29) is 22.2 Å². The number of halogens is 2. The maximum absolute atomic E-state index is 13.3. The maximum atomic E-state index is 13.3. The molecule has 0 unspecified atom stereocenters. The fourth-order valence-corrected chi connectivity index (χ4v) is 1.95. The van der Waals surface area contributed by atoms with Gasteiger partial charge < -0.3 is 4.74 Å². The average molecular weight is 358 g/mol. The lowest BCUT2D eigenvalue weighted by molar-refractivity contribution is -0.155. The Morgan fingerprint density at radius 2 is 2.14 bits per heavy atom. The van der Waals surface area contributed by atoms with Gasteiger partial charge >= 0.3 is 5.97 Å². The van der Waals surface area contributed by atoms with Crippen LogP contribution in [0.3, 0.4) is 0 Å². The normalized spacial score (nSPS) is 11.7. The van der Waals surface area contributed by atoms with E-state index >= 15 is 0 Å². The van der Waals surface area contributed by atoms with Crippen LogP contribution in [-0.2, 0) is 16.1 Å². The molecule has 0 aliphatic heterocycles. The van der Waals surface area contributed by atoms with E-state index in [0.29, 0.717) is 0 Å². The molecule has 0 bridgehead atoms. The fourth-order valence-electron chi connectivity index (χ4n) is 1.66. The van der Waals surface area contributed by atoms with Crippen molar-refractivity contribution in [3.8, 4) is 0 Å². The Hall–Kier alpha value is -1.83. The number of carbonyl (C=O) groups is 1. The van der Waals surface area contributed by atoms with Crippen LogP contribution in [0.5, 0.6) is 0 Å². The minimum atomic E-state index is -0.643. The first kappa shape index (κ1) is 15.6. The highest BCUT2D eigenvalue weighted by atomic mass is 79.9. The van der Waals surface area contributed by atoms with Gasteiger partial charge in [0.05, 0.1) is 11.8 Å². The number of rotatable bonds is 2. The second-order valence-corrected chi connectivity index (χ2v) is 6.14. The molecule has 0 atom stereocenters. The lowest BCUT2D eigenvalue weighted by atomic mass is 10.2. The van der Waals surface area contributed by atoms with Crippen molar-refractivity contribution in [3.63, 3.8) is 0 Å². The molecule has 0 saturated heterocycles. The van der Waals surface area contributed by atoms with Crippen LogP contribution in [0.1, 0.15) is 20.8 Å². The van der Waals surface area contributed by atoms with E-state index in [1.807, 2.05) is 0 Å². The van der Waals surface area contributed by atoms with Crippen LogP contribution in [0.2, 0.25) is 0 Å². The first-order chi connectivity index (χ1) is 9.67. The van der Waals surface area contributed by atoms with Gasteiger partial charge in [-0.15, -0.1) is 0 Å². The van der Waals surface area contributed by atoms with Crippen molar-refractivity contribution < 1.29 is 13.9 Å². The lowest BCUT2D eigenvalue weighted by Gasteiger charge is -2.19. The standard InChI is InChI=1S/C13H13BrFN3O3/c1-13(2,3)21-9(19)5-18-6-16-8-4-7(15)11(14)17-10(8)12(18)20/h4,6H,5H2,1-3H3.